The van der Waals surface area contributed by atoms with Crippen LogP contribution in [0.2, 0.25) is 0 Å². The molecular weight excluding hydrogens is 300 g/mol. The molecule has 0 bridgehead atoms. The number of halogens is 1. The Hall–Kier alpha value is -1.07. The van der Waals surface area contributed by atoms with Crippen molar-refractivity contribution >= 4 is 21.9 Å². The van der Waals surface area contributed by atoms with Crippen molar-refractivity contribution in [3.8, 4) is 5.75 Å². The summed E-state index contributed by atoms with van der Waals surface area (Å²) >= 11 is 3.36. The molecule has 0 aromatic heterocycles. The molecule has 5 heteroatoms. The molecule has 1 unspecified atom stereocenters. The number of phenolic OH excluding ortho intramolecular Hbond substituents is 1. The molecule has 0 aliphatic heterocycles. The van der Waals surface area contributed by atoms with Crippen molar-refractivity contribution in [2.75, 3.05) is 6.61 Å². The Morgan fingerprint density at radius 2 is 2.00 bits per heavy atom. The third kappa shape index (κ3) is 3.23. The van der Waals surface area contributed by atoms with E-state index in [9.17, 15) is 15.0 Å². The molecule has 0 aliphatic rings. The van der Waals surface area contributed by atoms with Crippen molar-refractivity contribution in [2.45, 2.75) is 32.8 Å². The highest BCUT2D eigenvalue weighted by Gasteiger charge is 2.23. The number of aliphatic hydroxyl groups is 1. The zero-order valence-electron chi connectivity index (χ0n) is 10.6. The molecule has 0 saturated heterocycles. The summed E-state index contributed by atoms with van der Waals surface area (Å²) in [4.78, 5) is 11.4. The van der Waals surface area contributed by atoms with Crippen molar-refractivity contribution in [1.29, 1.82) is 0 Å². The van der Waals surface area contributed by atoms with Gasteiger partial charge in [0.2, 0.25) is 0 Å². The van der Waals surface area contributed by atoms with Gasteiger partial charge in [-0.2, -0.15) is 0 Å². The van der Waals surface area contributed by atoms with Crippen LogP contribution in [0.3, 0.4) is 0 Å². The van der Waals surface area contributed by atoms with Gasteiger partial charge in [-0.1, -0.05) is 29.8 Å². The number of ether oxygens (including phenoxy) is 1. The number of hydrogen-bond acceptors (Lipinski definition) is 4. The number of rotatable bonds is 4. The van der Waals surface area contributed by atoms with Gasteiger partial charge in [0.1, 0.15) is 5.75 Å². The van der Waals surface area contributed by atoms with Gasteiger partial charge in [-0.05, 0) is 30.5 Å². The van der Waals surface area contributed by atoms with Crippen LogP contribution in [0.15, 0.2) is 16.6 Å². The second-order valence-electron chi connectivity index (χ2n) is 4.24. The summed E-state index contributed by atoms with van der Waals surface area (Å²) in [7, 11) is 0. The van der Waals surface area contributed by atoms with Crippen LogP contribution in [-0.2, 0) is 9.53 Å². The smallest absolute Gasteiger partial charge is 0.339 e. The minimum Gasteiger partial charge on any atom is -0.508 e. The molecule has 0 spiro atoms. The maximum absolute atomic E-state index is 11.4. The monoisotopic (exact) mass is 316 g/mol. The Morgan fingerprint density at radius 3 is 2.50 bits per heavy atom. The standard InChI is InChI=1S/C13H17BrO4/c1-4-18-13(17)12(16)9-5-10(14)8(7(2)3)6-11(9)15/h5-7,12,15-16H,4H2,1-3H3. The number of hydrogen-bond donors (Lipinski definition) is 2. The summed E-state index contributed by atoms with van der Waals surface area (Å²) in [5.74, 6) is -0.654. The second-order valence-corrected chi connectivity index (χ2v) is 5.10. The quantitative estimate of drug-likeness (QED) is 0.838. The lowest BCUT2D eigenvalue weighted by atomic mass is 9.99. The summed E-state index contributed by atoms with van der Waals surface area (Å²) in [5, 5.41) is 19.7. The average Bonchev–Trinajstić information content (AvgIpc) is 2.30. The van der Waals surface area contributed by atoms with Crippen LogP contribution in [0.4, 0.5) is 0 Å². The minimum atomic E-state index is -1.47. The Kier molecular flexibility index (Phi) is 5.16. The maximum Gasteiger partial charge on any atom is 0.339 e. The normalized spacial score (nSPS) is 12.6. The zero-order chi connectivity index (χ0) is 13.9. The summed E-state index contributed by atoms with van der Waals surface area (Å²) < 4.78 is 5.46. The van der Waals surface area contributed by atoms with Crippen molar-refractivity contribution in [3.63, 3.8) is 0 Å². The fourth-order valence-electron chi connectivity index (χ4n) is 1.60. The molecule has 1 aromatic rings. The molecule has 1 rings (SSSR count). The number of aromatic hydroxyl groups is 1. The molecule has 0 radical (unpaired) electrons. The summed E-state index contributed by atoms with van der Waals surface area (Å²) in [6.07, 6.45) is -1.47. The van der Waals surface area contributed by atoms with Crippen LogP contribution in [0, 0.1) is 0 Å². The number of esters is 1. The first-order chi connectivity index (χ1) is 8.38. The van der Waals surface area contributed by atoms with E-state index >= 15 is 0 Å². The SMILES string of the molecule is CCOC(=O)C(O)c1cc(Br)c(C(C)C)cc1O. The van der Waals surface area contributed by atoms with E-state index in [4.69, 9.17) is 4.74 Å². The number of benzene rings is 1. The second kappa shape index (κ2) is 6.20. The lowest BCUT2D eigenvalue weighted by Gasteiger charge is -2.15. The van der Waals surface area contributed by atoms with Gasteiger partial charge < -0.3 is 14.9 Å². The van der Waals surface area contributed by atoms with Gasteiger partial charge in [0.25, 0.3) is 0 Å². The van der Waals surface area contributed by atoms with Gasteiger partial charge in [-0.15, -0.1) is 0 Å². The lowest BCUT2D eigenvalue weighted by Crippen LogP contribution is -2.15. The fourth-order valence-corrected chi connectivity index (χ4v) is 2.42. The van der Waals surface area contributed by atoms with E-state index in [0.717, 1.165) is 10.0 Å². The molecule has 0 amide bonds. The minimum absolute atomic E-state index is 0.109. The highest BCUT2D eigenvalue weighted by molar-refractivity contribution is 9.10. The Bertz CT molecular complexity index is 443. The average molecular weight is 317 g/mol. The van der Waals surface area contributed by atoms with E-state index in [2.05, 4.69) is 15.9 Å². The predicted molar refractivity (Wildman–Crippen MR) is 71.5 cm³/mol. The molecular formula is C13H17BrO4. The van der Waals surface area contributed by atoms with E-state index in [1.807, 2.05) is 13.8 Å². The molecule has 0 heterocycles. The molecule has 1 aromatic carbocycles. The van der Waals surface area contributed by atoms with Crippen molar-refractivity contribution in [1.82, 2.24) is 0 Å². The maximum atomic E-state index is 11.4. The molecule has 0 saturated carbocycles. The summed E-state index contributed by atoms with van der Waals surface area (Å²) in [6, 6.07) is 3.10. The van der Waals surface area contributed by atoms with E-state index in [-0.39, 0.29) is 23.8 Å². The van der Waals surface area contributed by atoms with Gasteiger partial charge in [-0.25, -0.2) is 4.79 Å². The highest BCUT2D eigenvalue weighted by Crippen LogP contribution is 2.34. The van der Waals surface area contributed by atoms with E-state index in [1.54, 1.807) is 19.1 Å². The molecule has 0 fully saturated rings. The molecule has 18 heavy (non-hydrogen) atoms. The van der Waals surface area contributed by atoms with Crippen LogP contribution in [-0.4, -0.2) is 22.8 Å². The molecule has 1 atom stereocenters. The van der Waals surface area contributed by atoms with Gasteiger partial charge in [0, 0.05) is 10.0 Å². The van der Waals surface area contributed by atoms with Crippen LogP contribution in [0.5, 0.6) is 5.75 Å². The van der Waals surface area contributed by atoms with E-state index in [0.29, 0.717) is 0 Å². The topological polar surface area (TPSA) is 66.8 Å². The molecule has 4 nitrogen and oxygen atoms in total. The largest absolute Gasteiger partial charge is 0.508 e. The highest BCUT2D eigenvalue weighted by atomic mass is 79.9. The number of aliphatic hydroxyl groups excluding tert-OH is 1. The van der Waals surface area contributed by atoms with Gasteiger partial charge in [-0.3, -0.25) is 0 Å². The van der Waals surface area contributed by atoms with E-state index < -0.39 is 12.1 Å². The first-order valence-electron chi connectivity index (χ1n) is 5.75. The lowest BCUT2D eigenvalue weighted by molar-refractivity contribution is -0.153. The summed E-state index contributed by atoms with van der Waals surface area (Å²) in [5.41, 5.74) is 1.05. The Morgan fingerprint density at radius 1 is 1.39 bits per heavy atom. The van der Waals surface area contributed by atoms with Crippen LogP contribution < -0.4 is 0 Å². The number of carbonyl (C=O) groups is 1. The first-order valence-corrected chi connectivity index (χ1v) is 6.54. The predicted octanol–water partition coefficient (Wildman–Crippen LogP) is 2.87. The molecule has 2 N–H and O–H groups in total. The zero-order valence-corrected chi connectivity index (χ0v) is 12.2. The van der Waals surface area contributed by atoms with Crippen LogP contribution in [0.25, 0.3) is 0 Å². The first kappa shape index (κ1) is 15.0. The third-order valence-corrected chi connectivity index (χ3v) is 3.26. The van der Waals surface area contributed by atoms with Gasteiger partial charge >= 0.3 is 5.97 Å². The number of phenols is 1. The molecule has 0 aliphatic carbocycles. The van der Waals surface area contributed by atoms with Gasteiger partial charge in [0.15, 0.2) is 6.10 Å². The Labute approximate surface area is 115 Å². The van der Waals surface area contributed by atoms with Crippen LogP contribution >= 0.6 is 15.9 Å². The third-order valence-electron chi connectivity index (χ3n) is 2.57. The van der Waals surface area contributed by atoms with E-state index in [1.165, 1.54) is 0 Å². The van der Waals surface area contributed by atoms with Crippen molar-refractivity contribution < 1.29 is 19.7 Å². The number of carbonyl (C=O) groups excluding carboxylic acids is 1. The van der Waals surface area contributed by atoms with Gasteiger partial charge in [0.05, 0.1) is 6.61 Å². The summed E-state index contributed by atoms with van der Waals surface area (Å²) in [6.45, 7) is 5.81. The van der Waals surface area contributed by atoms with Crippen molar-refractivity contribution in [3.05, 3.63) is 27.7 Å². The fraction of sp³-hybridized carbons (Fsp3) is 0.462. The van der Waals surface area contributed by atoms with Crippen molar-refractivity contribution in [2.24, 2.45) is 0 Å². The van der Waals surface area contributed by atoms with Crippen LogP contribution in [0.1, 0.15) is 43.9 Å². The molecule has 100 valence electrons. The Balaban J connectivity index is 3.11.